The molecule has 0 spiro atoms. The summed E-state index contributed by atoms with van der Waals surface area (Å²) >= 11 is 8.38. The van der Waals surface area contributed by atoms with Gasteiger partial charge in [0.15, 0.2) is 0 Å². The number of nitrogens with zero attached hydrogens (tertiary/aromatic N) is 3. The van der Waals surface area contributed by atoms with Gasteiger partial charge < -0.3 is 10.4 Å². The quantitative estimate of drug-likeness (QED) is 0.233. The molecule has 0 radical (unpaired) electrons. The van der Waals surface area contributed by atoms with Crippen molar-refractivity contribution in [3.8, 4) is 16.2 Å². The number of aromatic hydroxyl groups is 1. The van der Waals surface area contributed by atoms with Crippen molar-refractivity contribution in [1.29, 1.82) is 0 Å². The summed E-state index contributed by atoms with van der Waals surface area (Å²) in [6, 6.07) is 12.2. The van der Waals surface area contributed by atoms with Gasteiger partial charge in [-0.1, -0.05) is 23.7 Å². The maximum Gasteiger partial charge on any atom is 0.281 e. The van der Waals surface area contributed by atoms with Crippen molar-refractivity contribution < 1.29 is 14.7 Å². The first kappa shape index (κ1) is 24.6. The highest BCUT2D eigenvalue weighted by atomic mass is 35.5. The lowest BCUT2D eigenvalue weighted by atomic mass is 10.1. The van der Waals surface area contributed by atoms with Crippen LogP contribution in [0.15, 0.2) is 52.9 Å². The molecule has 180 valence electrons. The van der Waals surface area contributed by atoms with E-state index in [1.165, 1.54) is 11.3 Å². The number of rotatable bonds is 7. The number of aromatic nitrogens is 2. The minimum atomic E-state index is -0.443. The van der Waals surface area contributed by atoms with E-state index < -0.39 is 5.91 Å². The Balaban J connectivity index is 1.38. The molecule has 8 nitrogen and oxygen atoms in total. The van der Waals surface area contributed by atoms with E-state index in [0.717, 1.165) is 28.3 Å². The molecule has 4 aromatic rings. The highest BCUT2D eigenvalue weighted by Crippen LogP contribution is 2.39. The number of hydrogen-bond donors (Lipinski definition) is 3. The fraction of sp³-hybridized carbons (Fsp3) is 0.167. The molecule has 2 amide bonds. The third-order valence-electron chi connectivity index (χ3n) is 5.23. The van der Waals surface area contributed by atoms with Gasteiger partial charge in [-0.15, -0.1) is 22.7 Å². The number of carbonyl (C=O) groups is 2. The van der Waals surface area contributed by atoms with Crippen LogP contribution in [0.4, 0.5) is 0 Å². The average Bonchev–Trinajstić information content (AvgIpc) is 3.56. The van der Waals surface area contributed by atoms with Crippen molar-refractivity contribution in [3.63, 3.8) is 0 Å². The minimum absolute atomic E-state index is 0.0889. The summed E-state index contributed by atoms with van der Waals surface area (Å²) in [6.07, 6.45) is 0. The zero-order valence-corrected chi connectivity index (χ0v) is 21.5. The number of benzene rings is 1. The Bertz CT molecular complexity index is 1400. The van der Waals surface area contributed by atoms with E-state index in [2.05, 4.69) is 20.9 Å². The molecule has 0 aliphatic carbocycles. The third-order valence-corrected chi connectivity index (χ3v) is 7.59. The van der Waals surface area contributed by atoms with Gasteiger partial charge in [0.25, 0.3) is 11.8 Å². The van der Waals surface area contributed by atoms with Gasteiger partial charge in [0.2, 0.25) is 0 Å². The monoisotopic (exact) mass is 527 g/mol. The van der Waals surface area contributed by atoms with Crippen LogP contribution in [0.25, 0.3) is 10.4 Å². The summed E-state index contributed by atoms with van der Waals surface area (Å²) in [7, 11) is 1.84. The Hall–Kier alpha value is -3.47. The molecule has 4 rings (SSSR count). The van der Waals surface area contributed by atoms with Gasteiger partial charge in [0, 0.05) is 23.1 Å². The van der Waals surface area contributed by atoms with Gasteiger partial charge in [-0.25, -0.2) is 5.43 Å². The summed E-state index contributed by atoms with van der Waals surface area (Å²) in [5, 5.41) is 24.3. The van der Waals surface area contributed by atoms with E-state index in [-0.39, 0.29) is 11.7 Å². The highest BCUT2D eigenvalue weighted by Gasteiger charge is 2.17. The first-order valence-electron chi connectivity index (χ1n) is 10.5. The summed E-state index contributed by atoms with van der Waals surface area (Å²) in [5.41, 5.74) is 6.06. The standard InChI is InChI=1S/C24H22ClN5O3S2/c1-13-10-17(29-30(13)3)11-26-23(32)19-8-9-20(35-19)24(33)28-27-14(2)18-12-34-22(21(18)31)15-4-6-16(25)7-5-15/h4-10,12,31H,11H2,1-3H3,(H,26,32)(H,28,33). The molecule has 0 bridgehead atoms. The number of amides is 2. The van der Waals surface area contributed by atoms with E-state index in [1.807, 2.05) is 32.2 Å². The molecule has 0 fully saturated rings. The van der Waals surface area contributed by atoms with Crippen LogP contribution in [0.2, 0.25) is 5.02 Å². The second-order valence-corrected chi connectivity index (χ2v) is 10.1. The fourth-order valence-electron chi connectivity index (χ4n) is 3.23. The van der Waals surface area contributed by atoms with Crippen LogP contribution < -0.4 is 10.7 Å². The van der Waals surface area contributed by atoms with Gasteiger partial charge in [0.1, 0.15) is 5.75 Å². The summed E-state index contributed by atoms with van der Waals surface area (Å²) in [6.45, 7) is 3.93. The zero-order chi connectivity index (χ0) is 25.1. The molecular formula is C24H22ClN5O3S2. The van der Waals surface area contributed by atoms with Gasteiger partial charge in [0.05, 0.1) is 38.1 Å². The zero-order valence-electron chi connectivity index (χ0n) is 19.1. The predicted octanol–water partition coefficient (Wildman–Crippen LogP) is 4.96. The maximum atomic E-state index is 12.6. The van der Waals surface area contributed by atoms with Gasteiger partial charge in [-0.2, -0.15) is 10.2 Å². The third kappa shape index (κ3) is 5.61. The molecule has 3 heterocycles. The second kappa shape index (κ2) is 10.4. The van der Waals surface area contributed by atoms with Gasteiger partial charge >= 0.3 is 0 Å². The van der Waals surface area contributed by atoms with E-state index in [9.17, 15) is 14.7 Å². The molecule has 0 unspecified atom stereocenters. The predicted molar refractivity (Wildman–Crippen MR) is 140 cm³/mol. The molecule has 1 aromatic carbocycles. The van der Waals surface area contributed by atoms with Crippen LogP contribution in [-0.4, -0.2) is 32.4 Å². The lowest BCUT2D eigenvalue weighted by Gasteiger charge is -2.03. The van der Waals surface area contributed by atoms with Crippen molar-refractivity contribution in [2.45, 2.75) is 20.4 Å². The number of nitrogens with one attached hydrogen (secondary N) is 2. The SMILES string of the molecule is CC(=NNC(=O)c1ccc(C(=O)NCc2cc(C)n(C)n2)s1)c1csc(-c2ccc(Cl)cc2)c1O. The van der Waals surface area contributed by atoms with Crippen LogP contribution in [-0.2, 0) is 13.6 Å². The lowest BCUT2D eigenvalue weighted by Crippen LogP contribution is -2.22. The van der Waals surface area contributed by atoms with Crippen molar-refractivity contribution in [2.24, 2.45) is 12.1 Å². The Kier molecular flexibility index (Phi) is 7.34. The van der Waals surface area contributed by atoms with Crippen LogP contribution >= 0.6 is 34.3 Å². The van der Waals surface area contributed by atoms with Crippen molar-refractivity contribution in [3.05, 3.63) is 79.6 Å². The van der Waals surface area contributed by atoms with Crippen LogP contribution in [0.3, 0.4) is 0 Å². The maximum absolute atomic E-state index is 12.6. The van der Waals surface area contributed by atoms with Crippen LogP contribution in [0, 0.1) is 6.92 Å². The summed E-state index contributed by atoms with van der Waals surface area (Å²) in [4.78, 5) is 26.4. The van der Waals surface area contributed by atoms with Gasteiger partial charge in [-0.3, -0.25) is 14.3 Å². The topological polar surface area (TPSA) is 109 Å². The molecule has 3 N–H and O–H groups in total. The molecule has 0 saturated heterocycles. The first-order valence-corrected chi connectivity index (χ1v) is 12.6. The Morgan fingerprint density at radius 1 is 1.14 bits per heavy atom. The molecule has 11 heteroatoms. The minimum Gasteiger partial charge on any atom is -0.506 e. The second-order valence-electron chi connectivity index (χ2n) is 7.72. The van der Waals surface area contributed by atoms with E-state index >= 15 is 0 Å². The largest absolute Gasteiger partial charge is 0.506 e. The average molecular weight is 528 g/mol. The Morgan fingerprint density at radius 3 is 2.49 bits per heavy atom. The van der Waals surface area contributed by atoms with Crippen molar-refractivity contribution >= 4 is 51.8 Å². The van der Waals surface area contributed by atoms with Crippen molar-refractivity contribution in [2.75, 3.05) is 0 Å². The van der Waals surface area contributed by atoms with E-state index in [4.69, 9.17) is 11.6 Å². The summed E-state index contributed by atoms with van der Waals surface area (Å²) < 4.78 is 1.74. The normalized spacial score (nSPS) is 11.5. The number of thiophene rings is 2. The molecular weight excluding hydrogens is 506 g/mol. The Labute approximate surface area is 214 Å². The molecule has 3 aromatic heterocycles. The number of halogens is 1. The molecule has 0 aliphatic rings. The molecule has 0 aliphatic heterocycles. The van der Waals surface area contributed by atoms with Crippen molar-refractivity contribution in [1.82, 2.24) is 20.5 Å². The number of carbonyl (C=O) groups excluding carboxylic acids is 2. The molecule has 35 heavy (non-hydrogen) atoms. The highest BCUT2D eigenvalue weighted by molar-refractivity contribution is 7.16. The summed E-state index contributed by atoms with van der Waals surface area (Å²) in [5.74, 6) is -0.637. The molecule has 0 atom stereocenters. The molecule has 0 saturated carbocycles. The number of hydrazone groups is 1. The smallest absolute Gasteiger partial charge is 0.281 e. The fourth-order valence-corrected chi connectivity index (χ4v) is 5.18. The van der Waals surface area contributed by atoms with Crippen LogP contribution in [0.1, 0.15) is 43.2 Å². The lowest BCUT2D eigenvalue weighted by molar-refractivity contribution is 0.0949. The number of hydrogen-bond acceptors (Lipinski definition) is 7. The van der Waals surface area contributed by atoms with E-state index in [1.54, 1.807) is 41.3 Å². The first-order chi connectivity index (χ1) is 16.7. The van der Waals surface area contributed by atoms with E-state index in [0.29, 0.717) is 37.5 Å². The number of aryl methyl sites for hydroxylation is 2. The Morgan fingerprint density at radius 2 is 1.83 bits per heavy atom. The van der Waals surface area contributed by atoms with Crippen LogP contribution in [0.5, 0.6) is 5.75 Å². The van der Waals surface area contributed by atoms with Gasteiger partial charge in [-0.05, 0) is 49.7 Å².